The number of nitrogens with one attached hydrogen (secondary N) is 1. The summed E-state index contributed by atoms with van der Waals surface area (Å²) < 4.78 is 0. The molecule has 6 heteroatoms. The number of hydrogen-bond acceptors (Lipinski definition) is 5. The fourth-order valence-electron chi connectivity index (χ4n) is 2.80. The lowest BCUT2D eigenvalue weighted by Gasteiger charge is -2.25. The number of hydrogen-bond donors (Lipinski definition) is 2. The maximum Gasteiger partial charge on any atom is 0.249 e. The minimum Gasteiger partial charge on any atom is -0.329 e. The molecule has 1 amide bonds. The van der Waals surface area contributed by atoms with Crippen molar-refractivity contribution < 1.29 is 4.79 Å². The van der Waals surface area contributed by atoms with Crippen molar-refractivity contribution in [3.63, 3.8) is 0 Å². The number of nitrogens with two attached hydrogens (primary N) is 1. The highest BCUT2D eigenvalue weighted by atomic mass is 16.2. The van der Waals surface area contributed by atoms with Crippen LogP contribution in [-0.4, -0.2) is 27.6 Å². The highest BCUT2D eigenvalue weighted by Crippen LogP contribution is 2.37. The summed E-state index contributed by atoms with van der Waals surface area (Å²) in [7, 11) is 0. The van der Waals surface area contributed by atoms with E-state index in [1.807, 2.05) is 13.8 Å². The summed E-state index contributed by atoms with van der Waals surface area (Å²) in [5.41, 5.74) is 7.15. The van der Waals surface area contributed by atoms with Crippen molar-refractivity contribution in [1.29, 1.82) is 0 Å². The standard InChI is InChI=1S/C14H23N5O/c1-3-10-11(4-2)18-19-13(16-10)17-12(20)14(9-15)7-5-6-8-14/h3-9,15H2,1-2H3,(H,16,17,19,20). The Morgan fingerprint density at radius 2 is 1.85 bits per heavy atom. The number of anilines is 1. The maximum absolute atomic E-state index is 12.4. The second-order valence-corrected chi connectivity index (χ2v) is 5.38. The van der Waals surface area contributed by atoms with Gasteiger partial charge in [0.05, 0.1) is 16.8 Å². The third-order valence-corrected chi connectivity index (χ3v) is 4.17. The zero-order valence-electron chi connectivity index (χ0n) is 12.3. The summed E-state index contributed by atoms with van der Waals surface area (Å²) in [5.74, 6) is 0.231. The minimum absolute atomic E-state index is 0.0643. The zero-order chi connectivity index (χ0) is 14.6. The molecule has 1 aliphatic carbocycles. The van der Waals surface area contributed by atoms with E-state index in [0.717, 1.165) is 49.9 Å². The van der Waals surface area contributed by atoms with Gasteiger partial charge in [-0.3, -0.25) is 10.1 Å². The SMILES string of the molecule is CCc1nnc(NC(=O)C2(CN)CCCC2)nc1CC. The van der Waals surface area contributed by atoms with E-state index >= 15 is 0 Å². The average Bonchev–Trinajstić information content (AvgIpc) is 2.97. The van der Waals surface area contributed by atoms with Crippen molar-refractivity contribution in [1.82, 2.24) is 15.2 Å². The van der Waals surface area contributed by atoms with Crippen LogP contribution in [0.4, 0.5) is 5.95 Å². The van der Waals surface area contributed by atoms with Gasteiger partial charge in [0.1, 0.15) is 0 Å². The molecule has 1 saturated carbocycles. The average molecular weight is 277 g/mol. The van der Waals surface area contributed by atoms with Gasteiger partial charge in [-0.05, 0) is 25.7 Å². The number of aromatic nitrogens is 3. The first kappa shape index (κ1) is 14.8. The van der Waals surface area contributed by atoms with Gasteiger partial charge in [0.2, 0.25) is 11.9 Å². The molecule has 0 saturated heterocycles. The van der Waals surface area contributed by atoms with Crippen molar-refractivity contribution in [2.75, 3.05) is 11.9 Å². The lowest BCUT2D eigenvalue weighted by Crippen LogP contribution is -2.40. The number of nitrogens with zero attached hydrogens (tertiary/aromatic N) is 3. The summed E-state index contributed by atoms with van der Waals surface area (Å²) in [5, 5.41) is 10.9. The molecule has 0 aliphatic heterocycles. The van der Waals surface area contributed by atoms with Crippen LogP contribution in [-0.2, 0) is 17.6 Å². The highest BCUT2D eigenvalue weighted by molar-refractivity contribution is 5.94. The third-order valence-electron chi connectivity index (χ3n) is 4.17. The van der Waals surface area contributed by atoms with Crippen LogP contribution in [0.1, 0.15) is 50.9 Å². The monoisotopic (exact) mass is 277 g/mol. The van der Waals surface area contributed by atoms with Crippen molar-refractivity contribution in [3.05, 3.63) is 11.4 Å². The Bertz CT molecular complexity index is 482. The molecule has 0 aromatic carbocycles. The van der Waals surface area contributed by atoms with Gasteiger partial charge in [0.15, 0.2) is 0 Å². The van der Waals surface area contributed by atoms with E-state index < -0.39 is 5.41 Å². The summed E-state index contributed by atoms with van der Waals surface area (Å²) in [6.45, 7) is 4.41. The van der Waals surface area contributed by atoms with Gasteiger partial charge in [0.25, 0.3) is 0 Å². The number of amides is 1. The molecule has 0 bridgehead atoms. The van der Waals surface area contributed by atoms with Crippen molar-refractivity contribution in [2.45, 2.75) is 52.4 Å². The first-order valence-electron chi connectivity index (χ1n) is 7.39. The van der Waals surface area contributed by atoms with E-state index in [1.165, 1.54) is 0 Å². The molecule has 1 aromatic heterocycles. The summed E-state index contributed by atoms with van der Waals surface area (Å²) >= 11 is 0. The van der Waals surface area contributed by atoms with Crippen molar-refractivity contribution >= 4 is 11.9 Å². The van der Waals surface area contributed by atoms with E-state index in [2.05, 4.69) is 20.5 Å². The van der Waals surface area contributed by atoms with Crippen LogP contribution in [0.5, 0.6) is 0 Å². The quantitative estimate of drug-likeness (QED) is 0.849. The Morgan fingerprint density at radius 1 is 1.20 bits per heavy atom. The summed E-state index contributed by atoms with van der Waals surface area (Å²) in [4.78, 5) is 16.8. The molecule has 1 aromatic rings. The van der Waals surface area contributed by atoms with Gasteiger partial charge >= 0.3 is 0 Å². The molecule has 1 fully saturated rings. The number of aryl methyl sites for hydroxylation is 2. The van der Waals surface area contributed by atoms with E-state index in [9.17, 15) is 4.79 Å². The lowest BCUT2D eigenvalue weighted by atomic mass is 9.85. The highest BCUT2D eigenvalue weighted by Gasteiger charge is 2.40. The summed E-state index contributed by atoms with van der Waals surface area (Å²) in [6, 6.07) is 0. The fraction of sp³-hybridized carbons (Fsp3) is 0.714. The van der Waals surface area contributed by atoms with Crippen LogP contribution in [0, 0.1) is 5.41 Å². The molecule has 3 N–H and O–H groups in total. The Morgan fingerprint density at radius 3 is 2.40 bits per heavy atom. The van der Waals surface area contributed by atoms with Gasteiger partial charge in [-0.15, -0.1) is 10.2 Å². The molecule has 0 spiro atoms. The van der Waals surface area contributed by atoms with Crippen LogP contribution in [0.3, 0.4) is 0 Å². The van der Waals surface area contributed by atoms with Crippen LogP contribution < -0.4 is 11.1 Å². The normalized spacial score (nSPS) is 17.1. The van der Waals surface area contributed by atoms with E-state index in [4.69, 9.17) is 5.73 Å². The molecule has 0 radical (unpaired) electrons. The molecule has 2 rings (SSSR count). The van der Waals surface area contributed by atoms with Gasteiger partial charge < -0.3 is 5.73 Å². The van der Waals surface area contributed by atoms with Crippen molar-refractivity contribution in [3.8, 4) is 0 Å². The predicted molar refractivity (Wildman–Crippen MR) is 77.2 cm³/mol. The van der Waals surface area contributed by atoms with Crippen LogP contribution in [0.2, 0.25) is 0 Å². The molecular formula is C14H23N5O. The van der Waals surface area contributed by atoms with Gasteiger partial charge in [0, 0.05) is 6.54 Å². The number of rotatable bonds is 5. The van der Waals surface area contributed by atoms with E-state index in [0.29, 0.717) is 12.5 Å². The second-order valence-electron chi connectivity index (χ2n) is 5.38. The lowest BCUT2D eigenvalue weighted by molar-refractivity contribution is -0.124. The fourth-order valence-corrected chi connectivity index (χ4v) is 2.80. The van der Waals surface area contributed by atoms with Gasteiger partial charge in [-0.1, -0.05) is 26.7 Å². The van der Waals surface area contributed by atoms with Gasteiger partial charge in [-0.2, -0.15) is 0 Å². The topological polar surface area (TPSA) is 93.8 Å². The van der Waals surface area contributed by atoms with Gasteiger partial charge in [-0.25, -0.2) is 4.98 Å². The van der Waals surface area contributed by atoms with E-state index in [-0.39, 0.29) is 5.91 Å². The Balaban J connectivity index is 2.15. The minimum atomic E-state index is -0.445. The van der Waals surface area contributed by atoms with Crippen molar-refractivity contribution in [2.24, 2.45) is 11.1 Å². The largest absolute Gasteiger partial charge is 0.329 e. The zero-order valence-corrected chi connectivity index (χ0v) is 12.3. The van der Waals surface area contributed by atoms with Crippen LogP contribution >= 0.6 is 0 Å². The second kappa shape index (κ2) is 6.26. The molecule has 0 unspecified atom stereocenters. The van der Waals surface area contributed by atoms with Crippen LogP contribution in [0.15, 0.2) is 0 Å². The van der Waals surface area contributed by atoms with Crippen LogP contribution in [0.25, 0.3) is 0 Å². The maximum atomic E-state index is 12.4. The molecule has 20 heavy (non-hydrogen) atoms. The molecule has 0 atom stereocenters. The molecular weight excluding hydrogens is 254 g/mol. The molecule has 110 valence electrons. The Hall–Kier alpha value is -1.56. The molecule has 6 nitrogen and oxygen atoms in total. The number of carbonyl (C=O) groups is 1. The Kier molecular flexibility index (Phi) is 4.65. The first-order chi connectivity index (χ1) is 9.65. The first-order valence-corrected chi connectivity index (χ1v) is 7.39. The van der Waals surface area contributed by atoms with E-state index in [1.54, 1.807) is 0 Å². The number of carbonyl (C=O) groups excluding carboxylic acids is 1. The molecule has 1 aliphatic rings. The summed E-state index contributed by atoms with van der Waals surface area (Å²) in [6.07, 6.45) is 5.37. The third kappa shape index (κ3) is 2.80. The Labute approximate surface area is 119 Å². The predicted octanol–water partition coefficient (Wildman–Crippen LogP) is 1.45. The smallest absolute Gasteiger partial charge is 0.249 e. The molecule has 1 heterocycles.